The number of nitrogens with zero attached hydrogens (tertiary/aromatic N) is 5. The Balaban J connectivity index is 1.70. The van der Waals surface area contributed by atoms with Crippen LogP contribution in [0.25, 0.3) is 16.8 Å². The first-order valence-electron chi connectivity index (χ1n) is 7.36. The molecule has 6 heteroatoms. The summed E-state index contributed by atoms with van der Waals surface area (Å²) in [6.45, 7) is 0. The number of benzene rings is 1. The van der Waals surface area contributed by atoms with Crippen molar-refractivity contribution in [2.24, 2.45) is 0 Å². The lowest BCUT2D eigenvalue weighted by molar-refractivity contribution is 0.966. The second-order valence-electron chi connectivity index (χ2n) is 5.18. The highest BCUT2D eigenvalue weighted by molar-refractivity contribution is 5.66. The minimum Gasteiger partial charge on any atom is -0.322 e. The number of nitrogens with one attached hydrogen (secondary N) is 1. The zero-order chi connectivity index (χ0) is 16.4. The maximum Gasteiger partial charge on any atom is 0.247 e. The van der Waals surface area contributed by atoms with E-state index in [0.29, 0.717) is 17.2 Å². The van der Waals surface area contributed by atoms with Gasteiger partial charge in [-0.3, -0.25) is 4.98 Å². The van der Waals surface area contributed by atoms with Crippen molar-refractivity contribution in [3.63, 3.8) is 0 Å². The molecule has 0 aliphatic heterocycles. The summed E-state index contributed by atoms with van der Waals surface area (Å²) in [5, 5.41) is 16.7. The monoisotopic (exact) mass is 312 g/mol. The van der Waals surface area contributed by atoms with E-state index in [-0.39, 0.29) is 0 Å². The molecule has 0 fully saturated rings. The highest BCUT2D eigenvalue weighted by Crippen LogP contribution is 2.21. The molecule has 0 amide bonds. The minimum atomic E-state index is 0.445. The highest BCUT2D eigenvalue weighted by Gasteiger charge is 2.08. The van der Waals surface area contributed by atoms with Gasteiger partial charge in [0.1, 0.15) is 6.07 Å². The average molecular weight is 312 g/mol. The summed E-state index contributed by atoms with van der Waals surface area (Å²) in [6, 6.07) is 17.2. The fourth-order valence-electron chi connectivity index (χ4n) is 2.45. The lowest BCUT2D eigenvalue weighted by atomic mass is 10.1. The lowest BCUT2D eigenvalue weighted by Gasteiger charge is -2.02. The van der Waals surface area contributed by atoms with Gasteiger partial charge >= 0.3 is 0 Å². The molecule has 3 aromatic heterocycles. The van der Waals surface area contributed by atoms with E-state index in [1.807, 2.05) is 48.7 Å². The van der Waals surface area contributed by atoms with E-state index in [9.17, 15) is 0 Å². The molecular weight excluding hydrogens is 300 g/mol. The highest BCUT2D eigenvalue weighted by atomic mass is 15.3. The van der Waals surface area contributed by atoms with Gasteiger partial charge in [0.25, 0.3) is 0 Å². The molecule has 0 saturated heterocycles. The molecular formula is C18H12N6. The summed E-state index contributed by atoms with van der Waals surface area (Å²) in [7, 11) is 0. The molecule has 114 valence electrons. The van der Waals surface area contributed by atoms with Crippen molar-refractivity contribution in [1.82, 2.24) is 19.6 Å². The number of anilines is 2. The van der Waals surface area contributed by atoms with Crippen molar-refractivity contribution in [3.05, 3.63) is 72.7 Å². The molecule has 3 heterocycles. The van der Waals surface area contributed by atoms with E-state index in [0.717, 1.165) is 16.8 Å². The second-order valence-corrected chi connectivity index (χ2v) is 5.18. The van der Waals surface area contributed by atoms with Gasteiger partial charge in [-0.25, -0.2) is 4.52 Å². The third kappa shape index (κ3) is 2.55. The van der Waals surface area contributed by atoms with Gasteiger partial charge in [-0.05, 0) is 30.3 Å². The van der Waals surface area contributed by atoms with Crippen LogP contribution in [0.3, 0.4) is 0 Å². The quantitative estimate of drug-likeness (QED) is 0.627. The zero-order valence-corrected chi connectivity index (χ0v) is 12.6. The fourth-order valence-corrected chi connectivity index (χ4v) is 2.45. The molecule has 1 N–H and O–H groups in total. The number of para-hydroxylation sites is 1. The predicted octanol–water partition coefficient (Wildman–Crippen LogP) is 3.41. The van der Waals surface area contributed by atoms with Crippen molar-refractivity contribution >= 4 is 17.3 Å². The molecule has 0 unspecified atom stereocenters. The summed E-state index contributed by atoms with van der Waals surface area (Å²) in [5.41, 5.74) is 3.97. The third-order valence-corrected chi connectivity index (χ3v) is 3.62. The van der Waals surface area contributed by atoms with Gasteiger partial charge in [0.05, 0.1) is 11.3 Å². The number of pyridine rings is 2. The fraction of sp³-hybridized carbons (Fsp3) is 0. The molecule has 0 saturated carbocycles. The molecule has 24 heavy (non-hydrogen) atoms. The lowest BCUT2D eigenvalue weighted by Crippen LogP contribution is -1.95. The second kappa shape index (κ2) is 5.82. The maximum absolute atomic E-state index is 9.16. The molecule has 0 spiro atoms. The Bertz CT molecular complexity index is 1050. The van der Waals surface area contributed by atoms with Crippen LogP contribution >= 0.6 is 0 Å². The Morgan fingerprint density at radius 1 is 1.00 bits per heavy atom. The van der Waals surface area contributed by atoms with Gasteiger partial charge in [-0.2, -0.15) is 10.2 Å². The molecule has 0 bridgehead atoms. The van der Waals surface area contributed by atoms with Gasteiger partial charge < -0.3 is 5.32 Å². The first-order valence-corrected chi connectivity index (χ1v) is 7.36. The zero-order valence-electron chi connectivity index (χ0n) is 12.6. The van der Waals surface area contributed by atoms with Gasteiger partial charge in [0.2, 0.25) is 5.95 Å². The minimum absolute atomic E-state index is 0.445. The van der Waals surface area contributed by atoms with Crippen molar-refractivity contribution in [3.8, 4) is 17.2 Å². The van der Waals surface area contributed by atoms with Crippen LogP contribution in [0.4, 0.5) is 11.6 Å². The Kier molecular flexibility index (Phi) is 3.37. The van der Waals surface area contributed by atoms with E-state index in [1.54, 1.807) is 23.0 Å². The molecule has 0 atom stereocenters. The van der Waals surface area contributed by atoms with Gasteiger partial charge in [-0.15, -0.1) is 5.10 Å². The SMILES string of the molecule is N#Cc1ccccc1Nc1nc2ccc(-c3cccnc3)cn2n1. The molecule has 0 radical (unpaired) electrons. The van der Waals surface area contributed by atoms with Crippen LogP contribution in [-0.2, 0) is 0 Å². The molecule has 1 aromatic carbocycles. The van der Waals surface area contributed by atoms with Gasteiger partial charge in [0, 0.05) is 29.7 Å². The van der Waals surface area contributed by atoms with E-state index < -0.39 is 0 Å². The number of hydrogen-bond acceptors (Lipinski definition) is 5. The third-order valence-electron chi connectivity index (χ3n) is 3.62. The number of aromatic nitrogens is 4. The van der Waals surface area contributed by atoms with E-state index in [1.165, 1.54) is 0 Å². The first-order chi connectivity index (χ1) is 11.8. The van der Waals surface area contributed by atoms with Crippen molar-refractivity contribution < 1.29 is 0 Å². The molecule has 6 nitrogen and oxygen atoms in total. The summed E-state index contributed by atoms with van der Waals surface area (Å²) in [5.74, 6) is 0.445. The van der Waals surface area contributed by atoms with Crippen LogP contribution in [-0.4, -0.2) is 19.6 Å². The van der Waals surface area contributed by atoms with Crippen molar-refractivity contribution in [1.29, 1.82) is 5.26 Å². The summed E-state index contributed by atoms with van der Waals surface area (Å²) in [4.78, 5) is 8.57. The van der Waals surface area contributed by atoms with Crippen molar-refractivity contribution in [2.75, 3.05) is 5.32 Å². The summed E-state index contributed by atoms with van der Waals surface area (Å²) >= 11 is 0. The molecule has 4 aromatic rings. The Morgan fingerprint density at radius 2 is 1.92 bits per heavy atom. The van der Waals surface area contributed by atoms with Crippen LogP contribution in [0, 0.1) is 11.3 Å². The van der Waals surface area contributed by atoms with E-state index in [2.05, 4.69) is 26.5 Å². The smallest absolute Gasteiger partial charge is 0.247 e. The van der Waals surface area contributed by atoms with E-state index >= 15 is 0 Å². The predicted molar refractivity (Wildman–Crippen MR) is 90.7 cm³/mol. The molecule has 0 aliphatic carbocycles. The average Bonchev–Trinajstić information content (AvgIpc) is 3.04. The molecule has 4 rings (SSSR count). The first kappa shape index (κ1) is 13.9. The van der Waals surface area contributed by atoms with Crippen LogP contribution in [0.15, 0.2) is 67.1 Å². The number of nitriles is 1. The largest absolute Gasteiger partial charge is 0.322 e. The maximum atomic E-state index is 9.16. The van der Waals surface area contributed by atoms with Crippen LogP contribution in [0.2, 0.25) is 0 Å². The topological polar surface area (TPSA) is 78.9 Å². The van der Waals surface area contributed by atoms with Crippen LogP contribution < -0.4 is 5.32 Å². The normalized spacial score (nSPS) is 10.5. The van der Waals surface area contributed by atoms with Crippen LogP contribution in [0.5, 0.6) is 0 Å². The Hall–Kier alpha value is -3.72. The summed E-state index contributed by atoms with van der Waals surface area (Å²) in [6.07, 6.45) is 5.45. The number of fused-ring (bicyclic) bond motifs is 1. The van der Waals surface area contributed by atoms with Gasteiger partial charge in [0.15, 0.2) is 5.65 Å². The Labute approximate surface area is 138 Å². The standard InChI is InChI=1S/C18H12N6/c19-10-13-4-1-2-6-16(13)21-18-22-17-8-7-15(12-24(17)23-18)14-5-3-9-20-11-14/h1-9,11-12H,(H,21,23). The number of hydrogen-bond donors (Lipinski definition) is 1. The van der Waals surface area contributed by atoms with E-state index in [4.69, 9.17) is 5.26 Å². The van der Waals surface area contributed by atoms with Gasteiger partial charge in [-0.1, -0.05) is 18.2 Å². The van der Waals surface area contributed by atoms with Crippen molar-refractivity contribution in [2.45, 2.75) is 0 Å². The molecule has 0 aliphatic rings. The summed E-state index contributed by atoms with van der Waals surface area (Å²) < 4.78 is 1.71. The Morgan fingerprint density at radius 3 is 2.75 bits per heavy atom. The number of rotatable bonds is 3. The van der Waals surface area contributed by atoms with Crippen LogP contribution in [0.1, 0.15) is 5.56 Å².